The van der Waals surface area contributed by atoms with Crippen molar-refractivity contribution in [3.63, 3.8) is 0 Å². The lowest BCUT2D eigenvalue weighted by Crippen LogP contribution is -2.44. The van der Waals surface area contributed by atoms with Crippen molar-refractivity contribution in [3.8, 4) is 6.07 Å². The molecule has 0 radical (unpaired) electrons. The van der Waals surface area contributed by atoms with E-state index in [0.29, 0.717) is 5.92 Å². The zero-order valence-corrected chi connectivity index (χ0v) is 18.8. The fourth-order valence-electron chi connectivity index (χ4n) is 4.34. The Morgan fingerprint density at radius 2 is 2.20 bits per heavy atom. The van der Waals surface area contributed by atoms with E-state index in [-0.39, 0.29) is 23.9 Å². The Morgan fingerprint density at radius 3 is 2.73 bits per heavy atom. The van der Waals surface area contributed by atoms with Crippen molar-refractivity contribution in [2.24, 2.45) is 11.8 Å². The van der Waals surface area contributed by atoms with Crippen LogP contribution in [0.3, 0.4) is 0 Å². The van der Waals surface area contributed by atoms with Gasteiger partial charge in [0.2, 0.25) is 0 Å². The van der Waals surface area contributed by atoms with Crippen LogP contribution in [0.4, 0.5) is 0 Å². The van der Waals surface area contributed by atoms with E-state index in [1.165, 1.54) is 11.3 Å². The maximum atomic E-state index is 10.7. The summed E-state index contributed by atoms with van der Waals surface area (Å²) in [5.74, 6) is 0.0779. The summed E-state index contributed by atoms with van der Waals surface area (Å²) in [5.41, 5.74) is 0.0172. The van der Waals surface area contributed by atoms with Gasteiger partial charge in [-0.25, -0.2) is 0 Å². The molecule has 30 heavy (non-hydrogen) atoms. The van der Waals surface area contributed by atoms with E-state index in [0.717, 1.165) is 51.4 Å². The fourth-order valence-corrected chi connectivity index (χ4v) is 5.37. The van der Waals surface area contributed by atoms with Crippen LogP contribution in [0.1, 0.15) is 76.0 Å². The van der Waals surface area contributed by atoms with Gasteiger partial charge in [-0.3, -0.25) is 4.79 Å². The number of thiophene rings is 1. The first-order chi connectivity index (χ1) is 14.5. The fraction of sp³-hybridized carbons (Fsp3) is 0.600. The molecule has 1 heterocycles. The molecule has 4 nitrogen and oxygen atoms in total. The molecule has 2 N–H and O–H groups in total. The average Bonchev–Trinajstić information content (AvgIpc) is 3.37. The second-order valence-corrected chi connectivity index (χ2v) is 9.37. The smallest absolute Gasteiger partial charge is 0.303 e. The second kappa shape index (κ2) is 12.7. The van der Waals surface area contributed by atoms with Crippen molar-refractivity contribution in [1.29, 1.82) is 5.26 Å². The van der Waals surface area contributed by atoms with Crippen LogP contribution in [0.25, 0.3) is 0 Å². The van der Waals surface area contributed by atoms with Crippen LogP contribution >= 0.6 is 11.3 Å². The summed E-state index contributed by atoms with van der Waals surface area (Å²) in [6.45, 7) is 1.93. The van der Waals surface area contributed by atoms with Crippen molar-refractivity contribution in [1.82, 2.24) is 0 Å². The van der Waals surface area contributed by atoms with Crippen molar-refractivity contribution >= 4 is 17.3 Å². The summed E-state index contributed by atoms with van der Waals surface area (Å²) in [5, 5.41) is 29.9. The van der Waals surface area contributed by atoms with E-state index in [2.05, 4.69) is 35.7 Å². The normalized spacial score (nSPS) is 23.5. The number of rotatable bonds is 9. The number of aliphatic hydroxyl groups excluding tert-OH is 1. The number of aliphatic hydroxyl groups is 1. The van der Waals surface area contributed by atoms with Gasteiger partial charge >= 0.3 is 5.97 Å². The van der Waals surface area contributed by atoms with Gasteiger partial charge in [-0.2, -0.15) is 5.26 Å². The molecule has 3 rings (SSSR count). The predicted molar refractivity (Wildman–Crippen MR) is 122 cm³/mol. The lowest BCUT2D eigenvalue weighted by atomic mass is 9.63. The van der Waals surface area contributed by atoms with Crippen molar-refractivity contribution in [2.75, 3.05) is 0 Å². The van der Waals surface area contributed by atoms with Crippen LogP contribution in [0.15, 0.2) is 41.8 Å². The molecule has 2 aliphatic carbocycles. The number of nitrogens with zero attached hydrogens (tertiary/aromatic N) is 1. The molecular formula is C25H35NO3S. The minimum absolute atomic E-state index is 0.0172. The quantitative estimate of drug-likeness (QED) is 0.360. The third-order valence-corrected chi connectivity index (χ3v) is 7.41. The Balaban J connectivity index is 0.000000303. The first kappa shape index (κ1) is 24.4. The van der Waals surface area contributed by atoms with E-state index in [1.807, 2.05) is 19.1 Å². The number of unbranched alkanes of at least 4 members (excludes halogenated alkanes) is 1. The molecule has 1 unspecified atom stereocenters. The monoisotopic (exact) mass is 429 g/mol. The number of hydrogen-bond donors (Lipinski definition) is 2. The Bertz CT molecular complexity index is 728. The van der Waals surface area contributed by atoms with Gasteiger partial charge in [0, 0.05) is 22.6 Å². The molecule has 0 spiro atoms. The van der Waals surface area contributed by atoms with Gasteiger partial charge in [0.15, 0.2) is 0 Å². The highest BCUT2D eigenvalue weighted by molar-refractivity contribution is 7.10. The van der Waals surface area contributed by atoms with Crippen LogP contribution in [0.2, 0.25) is 0 Å². The lowest BCUT2D eigenvalue weighted by molar-refractivity contribution is -0.137. The third-order valence-electron chi connectivity index (χ3n) is 6.32. The summed E-state index contributed by atoms with van der Waals surface area (Å²) in [6.07, 6.45) is 17.3. The zero-order valence-electron chi connectivity index (χ0n) is 18.0. The Labute approximate surface area is 184 Å². The number of nitriles is 1. The number of allylic oxidation sites excluding steroid dienone is 3. The topological polar surface area (TPSA) is 81.3 Å². The van der Waals surface area contributed by atoms with Crippen molar-refractivity contribution in [3.05, 3.63) is 46.7 Å². The van der Waals surface area contributed by atoms with E-state index < -0.39 is 5.97 Å². The summed E-state index contributed by atoms with van der Waals surface area (Å²) >= 11 is 1.78. The highest BCUT2D eigenvalue weighted by atomic mass is 32.1. The molecule has 2 saturated carbocycles. The van der Waals surface area contributed by atoms with Crippen molar-refractivity contribution < 1.29 is 15.0 Å². The number of carboxylic acids is 1. The minimum Gasteiger partial charge on any atom is -0.481 e. The maximum Gasteiger partial charge on any atom is 0.303 e. The Kier molecular flexibility index (Phi) is 10.3. The standard InChI is InChI=1S/C18H23NOS.C7H12O2/c19-13-15-8-7-14(12-15)4-1-5-16(20)18(9-3-10-18)17-6-2-11-21-17;1-2-3-4-5-6-7(8)9/h1-2,4,6,11,14-16,20H,3,5,7-10,12H2;2-3H,4-6H2,1H3,(H,8,9)/b4-1+;3-2-/t14-,15+,16?;/m0./s1. The number of carboxylic acid groups (broad SMARTS) is 1. The van der Waals surface area contributed by atoms with Crippen LogP contribution in [0.5, 0.6) is 0 Å². The van der Waals surface area contributed by atoms with Crippen LogP contribution in [-0.2, 0) is 10.2 Å². The SMILES string of the molecule is C/C=C\CCCC(=O)O.N#C[C@@H]1CC[C@H](/C=C/CC(O)C2(c3cccs3)CCC2)C1. The molecule has 2 fully saturated rings. The molecule has 1 aromatic rings. The maximum absolute atomic E-state index is 10.7. The molecular weight excluding hydrogens is 394 g/mol. The van der Waals surface area contributed by atoms with Crippen LogP contribution in [0, 0.1) is 23.2 Å². The molecule has 0 aliphatic heterocycles. The van der Waals surface area contributed by atoms with Crippen LogP contribution in [-0.4, -0.2) is 22.3 Å². The summed E-state index contributed by atoms with van der Waals surface area (Å²) in [4.78, 5) is 11.3. The van der Waals surface area contributed by atoms with Gasteiger partial charge in [-0.1, -0.05) is 36.8 Å². The highest BCUT2D eigenvalue weighted by Gasteiger charge is 2.45. The van der Waals surface area contributed by atoms with E-state index in [4.69, 9.17) is 10.4 Å². The molecule has 0 saturated heterocycles. The van der Waals surface area contributed by atoms with Gasteiger partial charge in [-0.05, 0) is 75.7 Å². The molecule has 5 heteroatoms. The average molecular weight is 430 g/mol. The van der Waals surface area contributed by atoms with E-state index >= 15 is 0 Å². The summed E-state index contributed by atoms with van der Waals surface area (Å²) in [6, 6.07) is 6.63. The Hall–Kier alpha value is -1.90. The molecule has 164 valence electrons. The second-order valence-electron chi connectivity index (χ2n) is 8.42. The van der Waals surface area contributed by atoms with E-state index in [1.54, 1.807) is 11.3 Å². The van der Waals surface area contributed by atoms with Gasteiger partial charge in [0.25, 0.3) is 0 Å². The minimum atomic E-state index is -0.709. The first-order valence-corrected chi connectivity index (χ1v) is 12.0. The summed E-state index contributed by atoms with van der Waals surface area (Å²) < 4.78 is 0. The lowest BCUT2D eigenvalue weighted by Gasteiger charge is -2.44. The van der Waals surface area contributed by atoms with Crippen molar-refractivity contribution in [2.45, 2.75) is 82.7 Å². The predicted octanol–water partition coefficient (Wildman–Crippen LogP) is 6.23. The van der Waals surface area contributed by atoms with Gasteiger partial charge in [0.1, 0.15) is 0 Å². The van der Waals surface area contributed by atoms with E-state index in [9.17, 15) is 9.90 Å². The Morgan fingerprint density at radius 1 is 1.40 bits per heavy atom. The molecule has 0 bridgehead atoms. The number of carbonyl (C=O) groups is 1. The molecule has 3 atom stereocenters. The molecule has 1 aromatic heterocycles. The molecule has 0 aromatic carbocycles. The number of aliphatic carboxylic acids is 1. The van der Waals surface area contributed by atoms with Gasteiger partial charge in [0.05, 0.1) is 12.2 Å². The first-order valence-electron chi connectivity index (χ1n) is 11.1. The highest BCUT2D eigenvalue weighted by Crippen LogP contribution is 2.49. The number of hydrogen-bond acceptors (Lipinski definition) is 4. The van der Waals surface area contributed by atoms with Gasteiger partial charge < -0.3 is 10.2 Å². The largest absolute Gasteiger partial charge is 0.481 e. The summed E-state index contributed by atoms with van der Waals surface area (Å²) in [7, 11) is 0. The molecule has 0 amide bonds. The van der Waals surface area contributed by atoms with Gasteiger partial charge in [-0.15, -0.1) is 11.3 Å². The third kappa shape index (κ3) is 7.11. The zero-order chi connectivity index (χ0) is 21.8. The van der Waals surface area contributed by atoms with Crippen LogP contribution < -0.4 is 0 Å². The molecule has 2 aliphatic rings.